The van der Waals surface area contributed by atoms with E-state index in [0.717, 1.165) is 6.54 Å². The van der Waals surface area contributed by atoms with E-state index in [-0.39, 0.29) is 6.61 Å². The van der Waals surface area contributed by atoms with Crippen molar-refractivity contribution in [3.63, 3.8) is 0 Å². The minimum absolute atomic E-state index is 0.260. The van der Waals surface area contributed by atoms with Crippen LogP contribution in [0.2, 0.25) is 0 Å². The monoisotopic (exact) mass is 227 g/mol. The van der Waals surface area contributed by atoms with E-state index in [4.69, 9.17) is 5.11 Å². The molecule has 0 saturated carbocycles. The predicted molar refractivity (Wildman–Crippen MR) is 66.2 cm³/mol. The molecular weight excluding hydrogens is 206 g/mol. The van der Waals surface area contributed by atoms with Gasteiger partial charge in [-0.05, 0) is 23.8 Å². The molecule has 0 saturated heterocycles. The fourth-order valence-corrected chi connectivity index (χ4v) is 2.37. The molecule has 1 aromatic heterocycles. The van der Waals surface area contributed by atoms with E-state index < -0.39 is 0 Å². The number of rotatable bonds is 7. The maximum Gasteiger partial charge on any atom is 0.0468 e. The lowest BCUT2D eigenvalue weighted by atomic mass is 10.1. The number of hydrogen-bond acceptors (Lipinski definition) is 3. The van der Waals surface area contributed by atoms with E-state index >= 15 is 0 Å². The van der Waals surface area contributed by atoms with Gasteiger partial charge >= 0.3 is 0 Å². The minimum atomic E-state index is 0.260. The molecule has 3 heteroatoms. The molecule has 2 nitrogen and oxygen atoms in total. The second-order valence-electron chi connectivity index (χ2n) is 4.05. The highest BCUT2D eigenvalue weighted by molar-refractivity contribution is 7.10. The predicted octanol–water partition coefficient (Wildman–Crippen LogP) is 2.81. The second kappa shape index (κ2) is 6.99. The van der Waals surface area contributed by atoms with Crippen molar-refractivity contribution in [2.75, 3.05) is 13.2 Å². The first-order valence-electron chi connectivity index (χ1n) is 5.65. The van der Waals surface area contributed by atoms with Crippen LogP contribution in [0.15, 0.2) is 17.5 Å². The molecular formula is C12H21NOS. The van der Waals surface area contributed by atoms with Gasteiger partial charge in [0.05, 0.1) is 0 Å². The molecule has 1 aromatic rings. The van der Waals surface area contributed by atoms with Gasteiger partial charge in [-0.3, -0.25) is 0 Å². The molecule has 2 atom stereocenters. The minimum Gasteiger partial charge on any atom is -0.396 e. The lowest BCUT2D eigenvalue weighted by Crippen LogP contribution is -2.27. The number of thiophene rings is 1. The van der Waals surface area contributed by atoms with Crippen LogP contribution >= 0.6 is 11.3 Å². The fourth-order valence-electron chi connectivity index (χ4n) is 1.53. The number of aliphatic hydroxyl groups excluding tert-OH is 1. The average molecular weight is 227 g/mol. The van der Waals surface area contributed by atoms with Crippen molar-refractivity contribution in [3.05, 3.63) is 22.4 Å². The standard InChI is InChI=1S/C12H21NOS/c1-3-5-11(12-6-4-7-15-12)13-8-10(2)9-14/h4,6-7,10-11,13-14H,3,5,8-9H2,1-2H3. The average Bonchev–Trinajstić information content (AvgIpc) is 2.76. The van der Waals surface area contributed by atoms with Crippen LogP contribution in [0.5, 0.6) is 0 Å². The van der Waals surface area contributed by atoms with Gasteiger partial charge in [-0.25, -0.2) is 0 Å². The van der Waals surface area contributed by atoms with Crippen LogP contribution < -0.4 is 5.32 Å². The summed E-state index contributed by atoms with van der Waals surface area (Å²) in [4.78, 5) is 1.40. The molecule has 0 spiro atoms. The molecule has 0 aliphatic rings. The third kappa shape index (κ3) is 4.33. The first-order valence-corrected chi connectivity index (χ1v) is 6.53. The smallest absolute Gasteiger partial charge is 0.0468 e. The van der Waals surface area contributed by atoms with Crippen molar-refractivity contribution >= 4 is 11.3 Å². The van der Waals surface area contributed by atoms with E-state index in [2.05, 4.69) is 36.7 Å². The molecule has 0 aliphatic carbocycles. The van der Waals surface area contributed by atoms with Crippen molar-refractivity contribution < 1.29 is 5.11 Å². The van der Waals surface area contributed by atoms with Crippen molar-refractivity contribution in [1.29, 1.82) is 0 Å². The molecule has 0 aliphatic heterocycles. The summed E-state index contributed by atoms with van der Waals surface area (Å²) in [5, 5.41) is 14.6. The van der Waals surface area contributed by atoms with E-state index in [1.165, 1.54) is 17.7 Å². The third-order valence-electron chi connectivity index (χ3n) is 2.49. The zero-order valence-corrected chi connectivity index (χ0v) is 10.4. The SMILES string of the molecule is CCCC(NCC(C)CO)c1cccs1. The van der Waals surface area contributed by atoms with Crippen LogP contribution in [0.25, 0.3) is 0 Å². The Bertz CT molecular complexity index is 248. The van der Waals surface area contributed by atoms with Gasteiger partial charge in [-0.15, -0.1) is 11.3 Å². The van der Waals surface area contributed by atoms with Crippen LogP contribution in [0, 0.1) is 5.92 Å². The number of aliphatic hydroxyl groups is 1. The molecule has 0 amide bonds. The molecule has 15 heavy (non-hydrogen) atoms. The van der Waals surface area contributed by atoms with Crippen molar-refractivity contribution in [2.24, 2.45) is 5.92 Å². The van der Waals surface area contributed by atoms with Gasteiger partial charge in [0, 0.05) is 24.1 Å². The second-order valence-corrected chi connectivity index (χ2v) is 5.03. The topological polar surface area (TPSA) is 32.3 Å². The van der Waals surface area contributed by atoms with Gasteiger partial charge in [0.25, 0.3) is 0 Å². The number of hydrogen-bond donors (Lipinski definition) is 2. The first kappa shape index (κ1) is 12.7. The van der Waals surface area contributed by atoms with Gasteiger partial charge < -0.3 is 10.4 Å². The normalized spacial score (nSPS) is 15.1. The van der Waals surface area contributed by atoms with Gasteiger partial charge in [0.1, 0.15) is 0 Å². The van der Waals surface area contributed by atoms with E-state index in [1.807, 2.05) is 0 Å². The summed E-state index contributed by atoms with van der Waals surface area (Å²) in [6.07, 6.45) is 2.35. The Morgan fingerprint density at radius 3 is 2.87 bits per heavy atom. The molecule has 0 bridgehead atoms. The maximum atomic E-state index is 8.97. The largest absolute Gasteiger partial charge is 0.396 e. The van der Waals surface area contributed by atoms with Gasteiger partial charge in [0.15, 0.2) is 0 Å². The van der Waals surface area contributed by atoms with E-state index in [9.17, 15) is 0 Å². The van der Waals surface area contributed by atoms with Crippen LogP contribution in [-0.4, -0.2) is 18.3 Å². The highest BCUT2D eigenvalue weighted by Crippen LogP contribution is 2.23. The van der Waals surface area contributed by atoms with E-state index in [1.54, 1.807) is 11.3 Å². The fraction of sp³-hybridized carbons (Fsp3) is 0.667. The lowest BCUT2D eigenvalue weighted by molar-refractivity contribution is 0.229. The molecule has 1 rings (SSSR count). The molecule has 2 N–H and O–H groups in total. The Balaban J connectivity index is 2.44. The zero-order chi connectivity index (χ0) is 11.1. The van der Waals surface area contributed by atoms with E-state index in [0.29, 0.717) is 12.0 Å². The summed E-state index contributed by atoms with van der Waals surface area (Å²) < 4.78 is 0. The molecule has 1 heterocycles. The summed E-state index contributed by atoms with van der Waals surface area (Å²) in [6, 6.07) is 4.74. The summed E-state index contributed by atoms with van der Waals surface area (Å²) in [5.41, 5.74) is 0. The van der Waals surface area contributed by atoms with Crippen LogP contribution in [-0.2, 0) is 0 Å². The Kier molecular flexibility index (Phi) is 5.91. The summed E-state index contributed by atoms with van der Waals surface area (Å²) >= 11 is 1.81. The van der Waals surface area contributed by atoms with Gasteiger partial charge in [-0.1, -0.05) is 26.3 Å². The molecule has 0 fully saturated rings. The Morgan fingerprint density at radius 1 is 1.53 bits per heavy atom. The van der Waals surface area contributed by atoms with Gasteiger partial charge in [-0.2, -0.15) is 0 Å². The highest BCUT2D eigenvalue weighted by atomic mass is 32.1. The van der Waals surface area contributed by atoms with Crippen molar-refractivity contribution in [3.8, 4) is 0 Å². The first-order chi connectivity index (χ1) is 7.27. The molecule has 86 valence electrons. The Labute approximate surface area is 96.3 Å². The quantitative estimate of drug-likeness (QED) is 0.750. The Hall–Kier alpha value is -0.380. The van der Waals surface area contributed by atoms with Crippen molar-refractivity contribution in [1.82, 2.24) is 5.32 Å². The summed E-state index contributed by atoms with van der Waals surface area (Å²) in [6.45, 7) is 5.41. The molecule has 0 aromatic carbocycles. The summed E-state index contributed by atoms with van der Waals surface area (Å²) in [7, 11) is 0. The molecule has 0 radical (unpaired) electrons. The maximum absolute atomic E-state index is 8.97. The lowest BCUT2D eigenvalue weighted by Gasteiger charge is -2.18. The van der Waals surface area contributed by atoms with Gasteiger partial charge in [0.2, 0.25) is 0 Å². The zero-order valence-electron chi connectivity index (χ0n) is 9.57. The molecule has 2 unspecified atom stereocenters. The highest BCUT2D eigenvalue weighted by Gasteiger charge is 2.11. The van der Waals surface area contributed by atoms with Crippen molar-refractivity contribution in [2.45, 2.75) is 32.7 Å². The Morgan fingerprint density at radius 2 is 2.33 bits per heavy atom. The van der Waals surface area contributed by atoms with Crippen LogP contribution in [0.4, 0.5) is 0 Å². The van der Waals surface area contributed by atoms with Crippen LogP contribution in [0.1, 0.15) is 37.6 Å². The van der Waals surface area contributed by atoms with Crippen LogP contribution in [0.3, 0.4) is 0 Å². The number of nitrogens with one attached hydrogen (secondary N) is 1. The summed E-state index contributed by atoms with van der Waals surface area (Å²) in [5.74, 6) is 0.337. The third-order valence-corrected chi connectivity index (χ3v) is 3.47.